The average molecular weight is 1360 g/mol. The number of hydrogen-bond acceptors (Lipinski definition) is 21. The van der Waals surface area contributed by atoms with Gasteiger partial charge in [-0.2, -0.15) is 11.8 Å². The van der Waals surface area contributed by atoms with Crippen LogP contribution in [0.25, 0.3) is 21.9 Å². The number of hydrogen-bond donors (Lipinski definition) is 14. The van der Waals surface area contributed by atoms with E-state index in [1.54, 1.807) is 48.9 Å². The van der Waals surface area contributed by atoms with Crippen LogP contribution in [-0.4, -0.2) is 171 Å². The highest BCUT2D eigenvalue weighted by Gasteiger charge is 2.36. The van der Waals surface area contributed by atoms with Crippen molar-refractivity contribution in [3.8, 4) is 5.75 Å². The largest absolute Gasteiger partial charge is 0.497 e. The van der Waals surface area contributed by atoms with Gasteiger partial charge in [0.25, 0.3) is 11.4 Å². The number of unbranched alkanes of at least 4 members (excludes halogenated alkanes) is 1. The molecular formula is C60H74N14O21S. The number of nitrogens with one attached hydrogen (secondary N) is 10. The van der Waals surface area contributed by atoms with Crippen LogP contribution < -0.4 is 69.7 Å². The SMILES string of the molecule is COc1ccc2c(CC(=O)N[C@H](C(=O)N[C@@H](CC(=O)O)C(=O)N[C@@H](CCC(N)=O)C(=O)N[C@@H](CCSC)C(=O)N[C@@H](CC(=O)O)C(=O)NCC(=O)N[C@H](Cc3c[nH]c4ccccc34)C(=O)N[C@@H](CCCCNc3ccc([N+](=O)[O-])cc3[N+](=O)[O-])C(N)=O)C(C)C)cc(=O)oc2c1. The number of ether oxygens (including phenoxy) is 1. The number of anilines is 1. The molecule has 36 heteroatoms. The number of benzene rings is 3. The van der Waals surface area contributed by atoms with Crippen molar-refractivity contribution in [2.45, 2.75) is 120 Å². The molecule has 7 atom stereocenters. The average Bonchev–Trinajstić information content (AvgIpc) is 1.43. The summed E-state index contributed by atoms with van der Waals surface area (Å²) in [5.41, 5.74) is 10.7. The monoisotopic (exact) mass is 1360 g/mol. The van der Waals surface area contributed by atoms with Gasteiger partial charge in [-0.15, -0.1) is 0 Å². The Kier molecular flexibility index (Phi) is 28.6. The summed E-state index contributed by atoms with van der Waals surface area (Å²) in [5.74, 6) is -14.0. The number of aromatic amines is 1. The van der Waals surface area contributed by atoms with Crippen molar-refractivity contribution in [1.82, 2.24) is 47.5 Å². The maximum Gasteiger partial charge on any atom is 0.336 e. The lowest BCUT2D eigenvalue weighted by molar-refractivity contribution is -0.393. The number of carbonyl (C=O) groups excluding carboxylic acids is 10. The Morgan fingerprint density at radius 1 is 0.656 bits per heavy atom. The number of non-ortho nitro benzene ring substituents is 1. The molecule has 0 aliphatic rings. The summed E-state index contributed by atoms with van der Waals surface area (Å²) in [4.78, 5) is 197. The highest BCUT2D eigenvalue weighted by atomic mass is 32.2. The summed E-state index contributed by atoms with van der Waals surface area (Å²) in [5, 5.41) is 65.2. The third-order valence-electron chi connectivity index (χ3n) is 14.7. The first-order valence-corrected chi connectivity index (χ1v) is 31.1. The molecule has 5 rings (SSSR count). The fourth-order valence-electron chi connectivity index (χ4n) is 9.78. The topological polar surface area (TPSA) is 547 Å². The summed E-state index contributed by atoms with van der Waals surface area (Å²) < 4.78 is 10.4. The molecule has 5 aromatic rings. The first-order chi connectivity index (χ1) is 45.5. The van der Waals surface area contributed by atoms with Crippen LogP contribution >= 0.6 is 11.8 Å². The van der Waals surface area contributed by atoms with Gasteiger partial charge in [-0.1, -0.05) is 32.0 Å². The van der Waals surface area contributed by atoms with E-state index >= 15 is 0 Å². The molecule has 0 saturated heterocycles. The molecule has 0 unspecified atom stereocenters. The van der Waals surface area contributed by atoms with Crippen LogP contribution in [0.4, 0.5) is 17.1 Å². The van der Waals surface area contributed by atoms with E-state index in [4.69, 9.17) is 20.6 Å². The number of para-hydroxylation sites is 1. The smallest absolute Gasteiger partial charge is 0.336 e. The van der Waals surface area contributed by atoms with Crippen LogP contribution in [-0.2, 0) is 70.4 Å². The van der Waals surface area contributed by atoms with Crippen molar-refractivity contribution in [3.05, 3.63) is 115 Å². The number of nitrogens with two attached hydrogens (primary N) is 2. The molecule has 0 aliphatic carbocycles. The number of amides is 10. The second kappa shape index (κ2) is 36.3. The number of carboxylic acids is 2. The zero-order valence-electron chi connectivity index (χ0n) is 52.3. The number of thioether (sulfide) groups is 1. The van der Waals surface area contributed by atoms with Crippen molar-refractivity contribution in [2.75, 3.05) is 37.5 Å². The second-order valence-corrected chi connectivity index (χ2v) is 23.1. The number of carboxylic acid groups (broad SMARTS) is 2. The molecule has 2 heterocycles. The molecule has 3 aromatic carbocycles. The Morgan fingerprint density at radius 3 is 1.89 bits per heavy atom. The molecule has 516 valence electrons. The van der Waals surface area contributed by atoms with Crippen molar-refractivity contribution < 1.29 is 86.7 Å². The zero-order valence-corrected chi connectivity index (χ0v) is 53.2. The predicted octanol–water partition coefficient (Wildman–Crippen LogP) is -0.214. The number of aliphatic carboxylic acids is 2. The first kappa shape index (κ1) is 75.5. The van der Waals surface area contributed by atoms with E-state index in [-0.39, 0.29) is 61.2 Å². The molecule has 0 bridgehead atoms. The van der Waals surface area contributed by atoms with Gasteiger partial charge < -0.3 is 83.7 Å². The minimum absolute atomic E-state index is 0.00590. The quantitative estimate of drug-likeness (QED) is 0.0104. The molecular weight excluding hydrogens is 1280 g/mol. The Labute approximate surface area is 549 Å². The third-order valence-corrected chi connectivity index (χ3v) is 15.3. The molecule has 2 aromatic heterocycles. The van der Waals surface area contributed by atoms with Crippen LogP contribution in [0.15, 0.2) is 82.1 Å². The Hall–Kier alpha value is -11.2. The molecule has 0 radical (unpaired) electrons. The highest BCUT2D eigenvalue weighted by molar-refractivity contribution is 7.98. The lowest BCUT2D eigenvalue weighted by atomic mass is 10.0. The van der Waals surface area contributed by atoms with Gasteiger partial charge in [0.05, 0.1) is 48.8 Å². The van der Waals surface area contributed by atoms with Gasteiger partial charge in [0, 0.05) is 60.1 Å². The summed E-state index contributed by atoms with van der Waals surface area (Å²) in [6.07, 6.45) is -0.569. The van der Waals surface area contributed by atoms with Crippen LogP contribution in [0.3, 0.4) is 0 Å². The summed E-state index contributed by atoms with van der Waals surface area (Å²) in [6.45, 7) is 2.22. The van der Waals surface area contributed by atoms with Crippen LogP contribution in [0.1, 0.15) is 76.3 Å². The van der Waals surface area contributed by atoms with E-state index in [1.807, 2.05) is 0 Å². The van der Waals surface area contributed by atoms with Gasteiger partial charge in [-0.3, -0.25) is 77.8 Å². The minimum Gasteiger partial charge on any atom is -0.497 e. The summed E-state index contributed by atoms with van der Waals surface area (Å²) in [6, 6.07) is 4.11. The maximum atomic E-state index is 14.1. The zero-order chi connectivity index (χ0) is 70.9. The number of nitro groups is 2. The number of rotatable bonds is 40. The van der Waals surface area contributed by atoms with Crippen LogP contribution in [0.5, 0.6) is 5.75 Å². The highest BCUT2D eigenvalue weighted by Crippen LogP contribution is 2.29. The van der Waals surface area contributed by atoms with E-state index in [0.717, 1.165) is 18.2 Å². The molecule has 35 nitrogen and oxygen atoms in total. The van der Waals surface area contributed by atoms with E-state index in [9.17, 15) is 92.8 Å². The summed E-state index contributed by atoms with van der Waals surface area (Å²) >= 11 is 1.19. The van der Waals surface area contributed by atoms with Crippen molar-refractivity contribution in [3.63, 3.8) is 0 Å². The van der Waals surface area contributed by atoms with Crippen molar-refractivity contribution in [1.29, 1.82) is 0 Å². The Balaban J connectivity index is 1.26. The second-order valence-electron chi connectivity index (χ2n) is 22.1. The minimum atomic E-state index is -1.95. The fourth-order valence-corrected chi connectivity index (χ4v) is 10.2. The van der Waals surface area contributed by atoms with E-state index in [0.29, 0.717) is 27.6 Å². The molecule has 16 N–H and O–H groups in total. The van der Waals surface area contributed by atoms with Crippen LogP contribution in [0, 0.1) is 26.1 Å². The van der Waals surface area contributed by atoms with Gasteiger partial charge in [-0.05, 0) is 85.4 Å². The number of primary amides is 2. The number of carbonyl (C=O) groups is 12. The number of aromatic nitrogens is 1. The van der Waals surface area contributed by atoms with Crippen molar-refractivity contribution >= 4 is 122 Å². The first-order valence-electron chi connectivity index (χ1n) is 29.7. The van der Waals surface area contributed by atoms with E-state index in [2.05, 4.69) is 52.8 Å². The predicted molar refractivity (Wildman–Crippen MR) is 343 cm³/mol. The van der Waals surface area contributed by atoms with Gasteiger partial charge in [0.15, 0.2) is 0 Å². The lowest BCUT2D eigenvalue weighted by Gasteiger charge is -2.27. The Bertz CT molecular complexity index is 3800. The molecule has 0 aliphatic heterocycles. The molecule has 0 spiro atoms. The van der Waals surface area contributed by atoms with Crippen molar-refractivity contribution in [2.24, 2.45) is 17.4 Å². The normalized spacial score (nSPS) is 13.2. The number of H-pyrrole nitrogens is 1. The number of methoxy groups -OCH3 is 1. The molecule has 10 amide bonds. The van der Waals surface area contributed by atoms with Gasteiger partial charge in [-0.25, -0.2) is 4.79 Å². The number of nitrogens with zero attached hydrogens (tertiary/aromatic N) is 2. The maximum absolute atomic E-state index is 14.1. The van der Waals surface area contributed by atoms with E-state index in [1.165, 1.54) is 44.9 Å². The molecule has 96 heavy (non-hydrogen) atoms. The van der Waals surface area contributed by atoms with Gasteiger partial charge >= 0.3 is 17.6 Å². The third kappa shape index (κ3) is 23.1. The Morgan fingerprint density at radius 2 is 1.27 bits per heavy atom. The van der Waals surface area contributed by atoms with Crippen LogP contribution in [0.2, 0.25) is 0 Å². The van der Waals surface area contributed by atoms with Gasteiger partial charge in [0.2, 0.25) is 59.1 Å². The molecule has 0 saturated carbocycles. The lowest BCUT2D eigenvalue weighted by Crippen LogP contribution is -2.60. The van der Waals surface area contributed by atoms with Gasteiger partial charge in [0.1, 0.15) is 59.3 Å². The van der Waals surface area contributed by atoms with E-state index < -0.39 is 185 Å². The standard InChI is InChI=1S/C60H74N14O21S/c1-30(2)53(72-48(76)22-31-23-52(82)95-46-25-34(94-3)13-14-36(31)46)60(89)71-44(27-51(80)81)59(88)68-40(16-17-47(61)75)56(85)69-41(18-20-96-4)57(86)70-43(26-50(78)79)55(84)65-29-49(77)66-42(21-32-28-64-37-10-6-5-9-35(32)37)58(87)67-39(54(62)83)11-7-8-19-63-38-15-12-33(73(90)91)24-45(38)74(92)93/h5-6,9-10,12-15,23-25,28,30,39-44,53,63-64H,7-8,11,16-22,26-27,29H2,1-4H3,(H2,61,75)(H2,62,83)(H,65,84)(H,66,77)(H,67,87)(H,68,88)(H,69,85)(H,70,86)(H,71,89)(H,72,76)(H,78,79)(H,80,81)/t39-,40-,41-,42+,43-,44-,53-/m0/s1. The summed E-state index contributed by atoms with van der Waals surface area (Å²) in [7, 11) is 1.40. The molecule has 0 fully saturated rings. The number of nitro benzene ring substituents is 2. The number of fused-ring (bicyclic) bond motifs is 2. The fraction of sp³-hybridized carbons (Fsp3) is 0.417.